The average molecular weight is 563 g/mol. The molecule has 0 aromatic heterocycles. The molecule has 4 aliphatic heterocycles. The van der Waals surface area contributed by atoms with Gasteiger partial charge < -0.3 is 29.4 Å². The third-order valence-electron chi connectivity index (χ3n) is 6.51. The SMILES string of the molecule is CO[C@H](C)C(=O)N1CCC(CCn2cnc(N)c3nc(Sc4cc5c(cc4Br)OCO5)nc2-3)CC1. The Morgan fingerprint density at radius 3 is 2.77 bits per heavy atom. The van der Waals surface area contributed by atoms with Crippen molar-refractivity contribution in [2.75, 3.05) is 32.7 Å². The smallest absolute Gasteiger partial charge is 0.251 e. The lowest BCUT2D eigenvalue weighted by Gasteiger charge is -2.33. The number of amides is 1. The van der Waals surface area contributed by atoms with Crippen LogP contribution in [-0.2, 0) is 16.1 Å². The lowest BCUT2D eigenvalue weighted by molar-refractivity contribution is -0.142. The first-order valence-electron chi connectivity index (χ1n) is 11.5. The lowest BCUT2D eigenvalue weighted by Crippen LogP contribution is -2.43. The van der Waals surface area contributed by atoms with Crippen molar-refractivity contribution in [2.24, 2.45) is 5.92 Å². The van der Waals surface area contributed by atoms with Crippen molar-refractivity contribution in [3.05, 3.63) is 22.9 Å². The van der Waals surface area contributed by atoms with Crippen LogP contribution >= 0.6 is 27.7 Å². The van der Waals surface area contributed by atoms with Crippen molar-refractivity contribution in [1.82, 2.24) is 24.4 Å². The number of nitrogens with zero attached hydrogens (tertiary/aromatic N) is 5. The molecule has 0 bridgehead atoms. The van der Waals surface area contributed by atoms with E-state index >= 15 is 0 Å². The molecule has 0 aliphatic carbocycles. The third-order valence-corrected chi connectivity index (χ3v) is 8.35. The molecule has 10 nitrogen and oxygen atoms in total. The highest BCUT2D eigenvalue weighted by Crippen LogP contribution is 2.43. The molecule has 0 spiro atoms. The molecule has 5 rings (SSSR count). The van der Waals surface area contributed by atoms with Crippen molar-refractivity contribution in [2.45, 2.75) is 48.9 Å². The number of nitrogen functional groups attached to an aromatic ring is 1. The van der Waals surface area contributed by atoms with Crippen molar-refractivity contribution < 1.29 is 19.0 Å². The van der Waals surface area contributed by atoms with Crippen LogP contribution in [-0.4, -0.2) is 63.4 Å². The van der Waals surface area contributed by atoms with Crippen LogP contribution < -0.4 is 15.2 Å². The monoisotopic (exact) mass is 562 g/mol. The van der Waals surface area contributed by atoms with E-state index in [4.69, 9.17) is 24.9 Å². The number of hydrogen-bond acceptors (Lipinski definition) is 9. The zero-order valence-electron chi connectivity index (χ0n) is 19.6. The van der Waals surface area contributed by atoms with E-state index in [1.807, 2.05) is 21.6 Å². The summed E-state index contributed by atoms with van der Waals surface area (Å²) in [5.74, 6) is 3.09. The maximum absolute atomic E-state index is 12.3. The highest BCUT2D eigenvalue weighted by Gasteiger charge is 2.27. The lowest BCUT2D eigenvalue weighted by atomic mass is 9.93. The van der Waals surface area contributed by atoms with Gasteiger partial charge in [-0.05, 0) is 71.9 Å². The fraction of sp³-hybridized carbons (Fsp3) is 0.478. The van der Waals surface area contributed by atoms with Crippen molar-refractivity contribution in [3.63, 3.8) is 0 Å². The van der Waals surface area contributed by atoms with E-state index in [-0.39, 0.29) is 12.7 Å². The number of imidazole rings is 1. The zero-order chi connectivity index (χ0) is 24.5. The van der Waals surface area contributed by atoms with Crippen LogP contribution in [0, 0.1) is 5.92 Å². The third kappa shape index (κ3) is 5.05. The Morgan fingerprint density at radius 1 is 1.29 bits per heavy atom. The first-order chi connectivity index (χ1) is 16.9. The van der Waals surface area contributed by atoms with E-state index in [9.17, 15) is 4.79 Å². The summed E-state index contributed by atoms with van der Waals surface area (Å²) in [5, 5.41) is 0.590. The van der Waals surface area contributed by atoms with Gasteiger partial charge >= 0.3 is 0 Å². The van der Waals surface area contributed by atoms with Gasteiger partial charge in [0, 0.05) is 36.1 Å². The standard InChI is InChI=1S/C23H27BrN6O4S/c1-13(32-2)22(31)29-6-3-14(4-7-29)5-8-30-11-26-20(25)19-21(30)28-23(27-19)35-18-10-17-16(9-15(18)24)33-12-34-17/h9-11,13-14H,3-8,12,25H2,1-2H3/t13-/m1/s1. The van der Waals surface area contributed by atoms with E-state index in [0.717, 1.165) is 54.1 Å². The number of carbonyl (C=O) groups excluding carboxylic acids is 1. The number of nitrogens with two attached hydrogens (primary N) is 1. The van der Waals surface area contributed by atoms with Crippen LogP contribution in [0.3, 0.4) is 0 Å². The molecule has 0 unspecified atom stereocenters. The normalized spacial score (nSPS) is 16.7. The van der Waals surface area contributed by atoms with E-state index in [2.05, 4.69) is 25.9 Å². The van der Waals surface area contributed by atoms with Crippen molar-refractivity contribution in [3.8, 4) is 23.0 Å². The summed E-state index contributed by atoms with van der Waals surface area (Å²) in [7, 11) is 1.57. The van der Waals surface area contributed by atoms with Gasteiger partial charge in [-0.15, -0.1) is 0 Å². The van der Waals surface area contributed by atoms with Crippen LogP contribution in [0.15, 0.2) is 33.0 Å². The number of methoxy groups -OCH3 is 1. The molecule has 1 aromatic carbocycles. The summed E-state index contributed by atoms with van der Waals surface area (Å²) < 4.78 is 19.0. The predicted molar refractivity (Wildman–Crippen MR) is 134 cm³/mol. The fourth-order valence-electron chi connectivity index (χ4n) is 4.34. The number of benzene rings is 1. The number of aryl methyl sites for hydroxylation is 1. The number of carbonyl (C=O) groups is 1. The largest absolute Gasteiger partial charge is 0.454 e. The van der Waals surface area contributed by atoms with Gasteiger partial charge in [-0.2, -0.15) is 0 Å². The number of hydrogen-bond donors (Lipinski definition) is 1. The van der Waals surface area contributed by atoms with E-state index in [1.165, 1.54) is 11.8 Å². The number of piperidine rings is 1. The molecular weight excluding hydrogens is 536 g/mol. The van der Waals surface area contributed by atoms with Gasteiger partial charge in [0.1, 0.15) is 6.10 Å². The topological polar surface area (TPSA) is 118 Å². The van der Waals surface area contributed by atoms with E-state index in [0.29, 0.717) is 34.1 Å². The molecule has 1 aromatic rings. The molecular formula is C23H27BrN6O4S. The van der Waals surface area contributed by atoms with Crippen LogP contribution in [0.1, 0.15) is 26.2 Å². The average Bonchev–Trinajstić information content (AvgIpc) is 3.50. The van der Waals surface area contributed by atoms with Crippen molar-refractivity contribution in [1.29, 1.82) is 0 Å². The molecule has 186 valence electrons. The van der Waals surface area contributed by atoms with Gasteiger partial charge in [0.2, 0.25) is 6.79 Å². The summed E-state index contributed by atoms with van der Waals surface area (Å²) in [6, 6.07) is 3.80. The highest BCUT2D eigenvalue weighted by molar-refractivity contribution is 9.10. The summed E-state index contributed by atoms with van der Waals surface area (Å²) in [6.45, 7) is 4.30. The molecule has 4 heterocycles. The molecule has 1 saturated heterocycles. The summed E-state index contributed by atoms with van der Waals surface area (Å²) in [6.07, 6.45) is 4.25. The van der Waals surface area contributed by atoms with Crippen LogP contribution in [0.25, 0.3) is 11.5 Å². The second kappa shape index (κ2) is 10.2. The molecule has 35 heavy (non-hydrogen) atoms. The maximum atomic E-state index is 12.3. The molecule has 2 N–H and O–H groups in total. The summed E-state index contributed by atoms with van der Waals surface area (Å²) in [5.41, 5.74) is 6.72. The minimum absolute atomic E-state index is 0.0657. The van der Waals surface area contributed by atoms with E-state index in [1.54, 1.807) is 20.4 Å². The van der Waals surface area contributed by atoms with Crippen molar-refractivity contribution >= 4 is 39.4 Å². The van der Waals surface area contributed by atoms with Crippen LogP contribution in [0.2, 0.25) is 0 Å². The van der Waals surface area contributed by atoms with E-state index < -0.39 is 6.10 Å². The predicted octanol–water partition coefficient (Wildman–Crippen LogP) is 3.67. The number of rotatable bonds is 7. The minimum atomic E-state index is -0.391. The van der Waals surface area contributed by atoms with Crippen LogP contribution in [0.4, 0.5) is 5.82 Å². The summed E-state index contributed by atoms with van der Waals surface area (Å²) >= 11 is 5.02. The summed E-state index contributed by atoms with van der Waals surface area (Å²) in [4.78, 5) is 28.9. The molecule has 1 fully saturated rings. The number of anilines is 1. The number of aromatic nitrogens is 4. The molecule has 12 heteroatoms. The number of fused-ring (bicyclic) bond motifs is 2. The molecule has 0 saturated carbocycles. The second-order valence-electron chi connectivity index (χ2n) is 8.67. The Bertz CT molecular complexity index is 1200. The first kappa shape index (κ1) is 24.1. The zero-order valence-corrected chi connectivity index (χ0v) is 22.0. The molecule has 1 atom stereocenters. The van der Waals surface area contributed by atoms with Gasteiger partial charge in [-0.1, -0.05) is 0 Å². The Hall–Kier alpha value is -2.57. The number of likely N-dealkylation sites (tertiary alicyclic amines) is 1. The maximum Gasteiger partial charge on any atom is 0.251 e. The Balaban J connectivity index is 1.26. The fourth-order valence-corrected chi connectivity index (χ4v) is 5.69. The van der Waals surface area contributed by atoms with Gasteiger partial charge in [-0.3, -0.25) is 4.79 Å². The number of ether oxygens (including phenoxy) is 3. The number of halogens is 1. The van der Waals surface area contributed by atoms with Gasteiger partial charge in [-0.25, -0.2) is 15.0 Å². The Labute approximate surface area is 216 Å². The van der Waals surface area contributed by atoms with Gasteiger partial charge in [0.05, 0.1) is 6.33 Å². The highest BCUT2D eigenvalue weighted by atomic mass is 79.9. The Kier molecular flexibility index (Phi) is 7.03. The molecule has 0 radical (unpaired) electrons. The molecule has 1 amide bonds. The van der Waals surface area contributed by atoms with Crippen LogP contribution in [0.5, 0.6) is 11.5 Å². The second-order valence-corrected chi connectivity index (χ2v) is 10.5. The quantitative estimate of drug-likeness (QED) is 0.460. The Morgan fingerprint density at radius 2 is 2.03 bits per heavy atom. The van der Waals surface area contributed by atoms with Gasteiger partial charge in [0.15, 0.2) is 34.0 Å². The first-order valence-corrected chi connectivity index (χ1v) is 13.1. The van der Waals surface area contributed by atoms with Gasteiger partial charge in [0.25, 0.3) is 5.91 Å². The minimum Gasteiger partial charge on any atom is -0.454 e. The molecule has 4 aliphatic rings.